The van der Waals surface area contributed by atoms with E-state index in [1.54, 1.807) is 4.90 Å². The van der Waals surface area contributed by atoms with E-state index >= 15 is 0 Å². The second kappa shape index (κ2) is 4.57. The molecule has 2 aliphatic rings. The molecule has 2 fully saturated rings. The molecule has 2 amide bonds. The van der Waals surface area contributed by atoms with Crippen LogP contribution < -0.4 is 5.73 Å². The molecule has 5 nitrogen and oxygen atoms in total. The van der Waals surface area contributed by atoms with Gasteiger partial charge < -0.3 is 15.4 Å². The average molecular weight is 260 g/mol. The predicted molar refractivity (Wildman–Crippen MR) is 67.9 cm³/mol. The van der Waals surface area contributed by atoms with Crippen molar-refractivity contribution >= 4 is 12.0 Å². The molecule has 100 valence electrons. The Morgan fingerprint density at radius 1 is 1.21 bits per heavy atom. The van der Waals surface area contributed by atoms with E-state index in [9.17, 15) is 9.59 Å². The molecule has 1 aromatic rings. The summed E-state index contributed by atoms with van der Waals surface area (Å²) in [6.07, 6.45) is -0.306. The Kier molecular flexibility index (Phi) is 2.89. The number of nitrogens with two attached hydrogens (primary N) is 1. The number of piperidine rings is 1. The fraction of sp³-hybridized carbons (Fsp3) is 0.429. The van der Waals surface area contributed by atoms with Gasteiger partial charge in [0.2, 0.25) is 5.91 Å². The van der Waals surface area contributed by atoms with E-state index in [-0.39, 0.29) is 36.4 Å². The molecule has 3 atom stereocenters. The number of amides is 2. The molecule has 1 saturated heterocycles. The van der Waals surface area contributed by atoms with E-state index in [0.29, 0.717) is 13.1 Å². The fourth-order valence-electron chi connectivity index (χ4n) is 2.91. The lowest BCUT2D eigenvalue weighted by Gasteiger charge is -2.18. The number of carbonyl (C=O) groups excluding carboxylic acids is 2. The van der Waals surface area contributed by atoms with Crippen molar-refractivity contribution in [1.29, 1.82) is 0 Å². The number of carbonyl (C=O) groups is 2. The monoisotopic (exact) mass is 260 g/mol. The molecule has 2 N–H and O–H groups in total. The predicted octanol–water partition coefficient (Wildman–Crippen LogP) is 0.986. The maximum absolute atomic E-state index is 11.8. The summed E-state index contributed by atoms with van der Waals surface area (Å²) in [6, 6.07) is 9.57. The summed E-state index contributed by atoms with van der Waals surface area (Å²) in [5, 5.41) is 0. The van der Waals surface area contributed by atoms with Gasteiger partial charge in [0.05, 0.1) is 0 Å². The van der Waals surface area contributed by atoms with Gasteiger partial charge in [0.1, 0.15) is 6.61 Å². The molecule has 0 radical (unpaired) electrons. The van der Waals surface area contributed by atoms with Crippen LogP contribution in [0.25, 0.3) is 0 Å². The zero-order valence-corrected chi connectivity index (χ0v) is 10.5. The van der Waals surface area contributed by atoms with Gasteiger partial charge in [-0.2, -0.15) is 0 Å². The maximum Gasteiger partial charge on any atom is 0.410 e. The van der Waals surface area contributed by atoms with Gasteiger partial charge >= 0.3 is 6.09 Å². The molecule has 1 aromatic carbocycles. The van der Waals surface area contributed by atoms with Crippen LogP contribution in [0.4, 0.5) is 4.79 Å². The van der Waals surface area contributed by atoms with Crippen molar-refractivity contribution in [2.24, 2.45) is 23.5 Å². The van der Waals surface area contributed by atoms with Crippen LogP contribution in [0.15, 0.2) is 30.3 Å². The van der Waals surface area contributed by atoms with Gasteiger partial charge in [0, 0.05) is 19.0 Å². The molecular formula is C14H16N2O3. The Hall–Kier alpha value is -2.04. The summed E-state index contributed by atoms with van der Waals surface area (Å²) in [5.41, 5.74) is 6.24. The van der Waals surface area contributed by atoms with Gasteiger partial charge in [0.25, 0.3) is 0 Å². The number of likely N-dealkylation sites (tertiary alicyclic amines) is 1. The second-order valence-electron chi connectivity index (χ2n) is 5.20. The molecule has 19 heavy (non-hydrogen) atoms. The molecule has 1 saturated carbocycles. The minimum absolute atomic E-state index is 0.0295. The SMILES string of the molecule is NC(=O)C1[C@H]2CN(C(=O)OCc3ccccc3)C[C@@H]12. The molecule has 0 spiro atoms. The Morgan fingerprint density at radius 2 is 1.84 bits per heavy atom. The van der Waals surface area contributed by atoms with E-state index in [4.69, 9.17) is 10.5 Å². The molecule has 1 unspecified atom stereocenters. The smallest absolute Gasteiger partial charge is 0.410 e. The van der Waals surface area contributed by atoms with E-state index in [2.05, 4.69) is 0 Å². The lowest BCUT2D eigenvalue weighted by Crippen LogP contribution is -2.34. The van der Waals surface area contributed by atoms with Crippen LogP contribution in [0, 0.1) is 17.8 Å². The number of fused-ring (bicyclic) bond motifs is 1. The minimum atomic E-state index is -0.306. The third-order valence-corrected chi connectivity index (χ3v) is 3.99. The van der Waals surface area contributed by atoms with E-state index in [0.717, 1.165) is 5.56 Å². The first-order chi connectivity index (χ1) is 9.16. The molecule has 5 heteroatoms. The lowest BCUT2D eigenvalue weighted by molar-refractivity contribution is -0.120. The third kappa shape index (κ3) is 2.28. The van der Waals surface area contributed by atoms with Crippen LogP contribution in [-0.4, -0.2) is 30.0 Å². The largest absolute Gasteiger partial charge is 0.445 e. The summed E-state index contributed by atoms with van der Waals surface area (Å²) >= 11 is 0. The number of nitrogens with zero attached hydrogens (tertiary/aromatic N) is 1. The number of primary amides is 1. The number of hydrogen-bond acceptors (Lipinski definition) is 3. The summed E-state index contributed by atoms with van der Waals surface area (Å²) in [6.45, 7) is 1.46. The van der Waals surface area contributed by atoms with Crippen molar-refractivity contribution in [3.63, 3.8) is 0 Å². The highest BCUT2D eigenvalue weighted by atomic mass is 16.6. The highest BCUT2D eigenvalue weighted by molar-refractivity contribution is 5.81. The van der Waals surface area contributed by atoms with Crippen molar-refractivity contribution < 1.29 is 14.3 Å². The number of benzene rings is 1. The molecule has 0 aromatic heterocycles. The molecule has 3 rings (SSSR count). The highest BCUT2D eigenvalue weighted by Crippen LogP contribution is 2.51. The van der Waals surface area contributed by atoms with Gasteiger partial charge in [-0.1, -0.05) is 30.3 Å². The van der Waals surface area contributed by atoms with E-state index in [1.165, 1.54) is 0 Å². The van der Waals surface area contributed by atoms with Gasteiger partial charge in [-0.3, -0.25) is 4.79 Å². The van der Waals surface area contributed by atoms with Crippen LogP contribution in [0.5, 0.6) is 0 Å². The van der Waals surface area contributed by atoms with Crippen molar-refractivity contribution in [2.75, 3.05) is 13.1 Å². The zero-order chi connectivity index (χ0) is 13.4. The van der Waals surface area contributed by atoms with Crippen molar-refractivity contribution in [3.8, 4) is 0 Å². The van der Waals surface area contributed by atoms with E-state index in [1.807, 2.05) is 30.3 Å². The lowest BCUT2D eigenvalue weighted by atomic mass is 10.2. The van der Waals surface area contributed by atoms with Crippen LogP contribution >= 0.6 is 0 Å². The fourth-order valence-corrected chi connectivity index (χ4v) is 2.91. The number of ether oxygens (including phenoxy) is 1. The quantitative estimate of drug-likeness (QED) is 0.880. The minimum Gasteiger partial charge on any atom is -0.445 e. The summed E-state index contributed by atoms with van der Waals surface area (Å²) < 4.78 is 5.25. The van der Waals surface area contributed by atoms with Crippen molar-refractivity contribution in [2.45, 2.75) is 6.61 Å². The summed E-state index contributed by atoms with van der Waals surface area (Å²) in [5.74, 6) is 0.231. The molecule has 1 aliphatic heterocycles. The van der Waals surface area contributed by atoms with Gasteiger partial charge in [-0.25, -0.2) is 4.79 Å². The Labute approximate surface area is 111 Å². The van der Waals surface area contributed by atoms with Crippen molar-refractivity contribution in [3.05, 3.63) is 35.9 Å². The number of hydrogen-bond donors (Lipinski definition) is 1. The van der Waals surface area contributed by atoms with Crippen molar-refractivity contribution in [1.82, 2.24) is 4.90 Å². The van der Waals surface area contributed by atoms with Gasteiger partial charge in [0.15, 0.2) is 0 Å². The molecular weight excluding hydrogens is 244 g/mol. The first-order valence-electron chi connectivity index (χ1n) is 6.42. The maximum atomic E-state index is 11.8. The molecule has 1 aliphatic carbocycles. The Morgan fingerprint density at radius 3 is 2.42 bits per heavy atom. The van der Waals surface area contributed by atoms with Gasteiger partial charge in [-0.15, -0.1) is 0 Å². The van der Waals surface area contributed by atoms with Crippen LogP contribution in [0.1, 0.15) is 5.56 Å². The second-order valence-corrected chi connectivity index (χ2v) is 5.20. The molecule has 1 heterocycles. The molecule has 0 bridgehead atoms. The number of rotatable bonds is 3. The Bertz CT molecular complexity index is 491. The summed E-state index contributed by atoms with van der Waals surface area (Å²) in [4.78, 5) is 24.6. The van der Waals surface area contributed by atoms with Crippen LogP contribution in [-0.2, 0) is 16.1 Å². The normalized spacial score (nSPS) is 27.8. The average Bonchev–Trinajstić information content (AvgIpc) is 2.93. The van der Waals surface area contributed by atoms with Crippen LogP contribution in [0.2, 0.25) is 0 Å². The highest BCUT2D eigenvalue weighted by Gasteiger charge is 2.59. The topological polar surface area (TPSA) is 72.6 Å². The first kappa shape index (κ1) is 12.0. The first-order valence-corrected chi connectivity index (χ1v) is 6.42. The standard InChI is InChI=1S/C14H16N2O3/c15-13(17)12-10-6-16(7-11(10)12)14(18)19-8-9-4-2-1-3-5-9/h1-5,10-12H,6-8H2,(H2,15,17)/t10-,11+,12?. The summed E-state index contributed by atoms with van der Waals surface area (Å²) in [7, 11) is 0. The Balaban J connectivity index is 1.47. The third-order valence-electron chi connectivity index (χ3n) is 3.99. The van der Waals surface area contributed by atoms with Gasteiger partial charge in [-0.05, 0) is 17.4 Å². The van der Waals surface area contributed by atoms with E-state index < -0.39 is 0 Å². The zero-order valence-electron chi connectivity index (χ0n) is 10.5. The van der Waals surface area contributed by atoms with Crippen LogP contribution in [0.3, 0.4) is 0 Å².